The number of carbonyl (C=O) groups is 1. The van der Waals surface area contributed by atoms with Crippen LogP contribution in [0.5, 0.6) is 0 Å². The molecule has 0 fully saturated rings. The molecule has 0 spiro atoms. The number of rotatable bonds is 8. The fraction of sp³-hybridized carbons (Fsp3) is 0.462. The highest BCUT2D eigenvalue weighted by Crippen LogP contribution is 2.02. The Morgan fingerprint density at radius 3 is 2.61 bits per heavy atom. The number of benzene rings is 1. The van der Waals surface area contributed by atoms with Gasteiger partial charge in [-0.1, -0.05) is 30.3 Å². The van der Waals surface area contributed by atoms with Crippen LogP contribution in [-0.2, 0) is 16.1 Å². The summed E-state index contributed by atoms with van der Waals surface area (Å²) in [5.41, 5.74) is 1.07. The van der Waals surface area contributed by atoms with E-state index in [2.05, 4.69) is 5.32 Å². The van der Waals surface area contributed by atoms with E-state index < -0.39 is 18.6 Å². The number of nitrogens with one attached hydrogen (secondary N) is 1. The van der Waals surface area contributed by atoms with Crippen molar-refractivity contribution in [3.05, 3.63) is 35.9 Å². The van der Waals surface area contributed by atoms with Crippen LogP contribution in [0.15, 0.2) is 30.3 Å². The minimum Gasteiger partial charge on any atom is -0.480 e. The van der Waals surface area contributed by atoms with E-state index in [1.54, 1.807) is 0 Å². The van der Waals surface area contributed by atoms with Crippen LogP contribution in [0.4, 0.5) is 0 Å². The van der Waals surface area contributed by atoms with E-state index in [9.17, 15) is 4.79 Å². The monoisotopic (exact) mass is 253 g/mol. The second-order valence-electron chi connectivity index (χ2n) is 4.09. The Hall–Kier alpha value is -1.43. The molecule has 1 rings (SSSR count). The lowest BCUT2D eigenvalue weighted by molar-refractivity contribution is -0.140. The van der Waals surface area contributed by atoms with Crippen molar-refractivity contribution in [3.8, 4) is 0 Å². The summed E-state index contributed by atoms with van der Waals surface area (Å²) in [6.07, 6.45) is -0.126. The largest absolute Gasteiger partial charge is 0.480 e. The van der Waals surface area contributed by atoms with Crippen molar-refractivity contribution < 1.29 is 19.7 Å². The van der Waals surface area contributed by atoms with E-state index in [0.717, 1.165) is 5.56 Å². The van der Waals surface area contributed by atoms with Crippen molar-refractivity contribution in [2.45, 2.75) is 25.7 Å². The van der Waals surface area contributed by atoms with Gasteiger partial charge in [0.2, 0.25) is 0 Å². The zero-order chi connectivity index (χ0) is 13.4. The van der Waals surface area contributed by atoms with Gasteiger partial charge in [0.1, 0.15) is 6.04 Å². The second-order valence-corrected chi connectivity index (χ2v) is 4.09. The molecule has 0 unspecified atom stereocenters. The van der Waals surface area contributed by atoms with Crippen molar-refractivity contribution in [1.82, 2.24) is 5.32 Å². The third kappa shape index (κ3) is 5.27. The summed E-state index contributed by atoms with van der Waals surface area (Å²) >= 11 is 0. The number of hydrogen-bond acceptors (Lipinski definition) is 4. The van der Waals surface area contributed by atoms with Crippen molar-refractivity contribution >= 4 is 5.97 Å². The molecule has 3 N–H and O–H groups in total. The van der Waals surface area contributed by atoms with E-state index >= 15 is 0 Å². The third-order valence-corrected chi connectivity index (χ3v) is 2.51. The van der Waals surface area contributed by atoms with Crippen molar-refractivity contribution in [1.29, 1.82) is 0 Å². The lowest BCUT2D eigenvalue weighted by Gasteiger charge is -2.17. The highest BCUT2D eigenvalue weighted by molar-refractivity contribution is 5.73. The van der Waals surface area contributed by atoms with Crippen LogP contribution in [-0.4, -0.2) is 41.5 Å². The zero-order valence-corrected chi connectivity index (χ0v) is 10.4. The molecule has 0 aliphatic carbocycles. The van der Waals surface area contributed by atoms with Crippen LogP contribution in [0.3, 0.4) is 0 Å². The SMILES string of the molecule is C[C@H](CN[C@@H](CO)C(=O)O)OCc1ccccc1. The van der Waals surface area contributed by atoms with E-state index in [1.165, 1.54) is 0 Å². The maximum Gasteiger partial charge on any atom is 0.323 e. The van der Waals surface area contributed by atoms with Gasteiger partial charge in [-0.25, -0.2) is 0 Å². The number of ether oxygens (including phenoxy) is 1. The van der Waals surface area contributed by atoms with Crippen LogP contribution in [0.1, 0.15) is 12.5 Å². The number of aliphatic carboxylic acids is 1. The highest BCUT2D eigenvalue weighted by atomic mass is 16.5. The Morgan fingerprint density at radius 2 is 2.06 bits per heavy atom. The van der Waals surface area contributed by atoms with Crippen molar-refractivity contribution in [2.24, 2.45) is 0 Å². The first-order valence-corrected chi connectivity index (χ1v) is 5.86. The molecule has 0 saturated carbocycles. The smallest absolute Gasteiger partial charge is 0.323 e. The molecule has 18 heavy (non-hydrogen) atoms. The molecule has 100 valence electrons. The molecule has 0 aliphatic heterocycles. The first-order valence-electron chi connectivity index (χ1n) is 5.86. The Balaban J connectivity index is 2.25. The summed E-state index contributed by atoms with van der Waals surface area (Å²) in [6, 6.07) is 8.81. The third-order valence-electron chi connectivity index (χ3n) is 2.51. The molecule has 0 heterocycles. The normalized spacial score (nSPS) is 14.1. The van der Waals surface area contributed by atoms with E-state index in [0.29, 0.717) is 13.2 Å². The van der Waals surface area contributed by atoms with E-state index in [1.807, 2.05) is 37.3 Å². The molecule has 0 saturated heterocycles. The van der Waals surface area contributed by atoms with Gasteiger partial charge in [-0.3, -0.25) is 10.1 Å². The van der Waals surface area contributed by atoms with Crippen LogP contribution < -0.4 is 5.32 Å². The van der Waals surface area contributed by atoms with Gasteiger partial charge in [0.05, 0.1) is 19.3 Å². The van der Waals surface area contributed by atoms with Crippen molar-refractivity contribution in [3.63, 3.8) is 0 Å². The summed E-state index contributed by atoms with van der Waals surface area (Å²) in [6.45, 7) is 2.29. The molecule has 5 nitrogen and oxygen atoms in total. The molecule has 1 aromatic rings. The summed E-state index contributed by atoms with van der Waals surface area (Å²) in [4.78, 5) is 10.7. The average Bonchev–Trinajstić information content (AvgIpc) is 2.38. The van der Waals surface area contributed by atoms with Gasteiger partial charge in [0.25, 0.3) is 0 Å². The van der Waals surface area contributed by atoms with Crippen LogP contribution in [0, 0.1) is 0 Å². The van der Waals surface area contributed by atoms with E-state index in [-0.39, 0.29) is 6.10 Å². The van der Waals surface area contributed by atoms with Crippen LogP contribution in [0.2, 0.25) is 0 Å². The molecule has 1 aromatic carbocycles. The molecule has 2 atom stereocenters. The van der Waals surface area contributed by atoms with Gasteiger partial charge in [0, 0.05) is 6.54 Å². The lowest BCUT2D eigenvalue weighted by Crippen LogP contribution is -2.43. The Morgan fingerprint density at radius 1 is 1.39 bits per heavy atom. The van der Waals surface area contributed by atoms with Gasteiger partial charge in [0.15, 0.2) is 0 Å². The summed E-state index contributed by atoms with van der Waals surface area (Å²) in [5, 5.41) is 20.3. The standard InChI is InChI=1S/C13H19NO4/c1-10(7-14-12(8-15)13(16)17)18-9-11-5-3-2-4-6-11/h2-6,10,12,14-15H,7-9H2,1H3,(H,16,17)/t10-,12+/m1/s1. The molecule has 0 aliphatic rings. The number of carboxylic acids is 1. The fourth-order valence-electron chi connectivity index (χ4n) is 1.41. The van der Waals surface area contributed by atoms with Gasteiger partial charge < -0.3 is 14.9 Å². The molecular formula is C13H19NO4. The quantitative estimate of drug-likeness (QED) is 0.633. The fourth-order valence-corrected chi connectivity index (χ4v) is 1.41. The Bertz CT molecular complexity index is 355. The number of aliphatic hydroxyl groups is 1. The van der Waals surface area contributed by atoms with Gasteiger partial charge in [-0.15, -0.1) is 0 Å². The molecule has 0 amide bonds. The van der Waals surface area contributed by atoms with E-state index in [4.69, 9.17) is 14.9 Å². The summed E-state index contributed by atoms with van der Waals surface area (Å²) in [7, 11) is 0. The van der Waals surface area contributed by atoms with Gasteiger partial charge >= 0.3 is 5.97 Å². The molecular weight excluding hydrogens is 234 g/mol. The Kier molecular flexibility index (Phi) is 6.35. The molecule has 0 bridgehead atoms. The van der Waals surface area contributed by atoms with Gasteiger partial charge in [-0.2, -0.15) is 0 Å². The maximum absolute atomic E-state index is 10.7. The lowest BCUT2D eigenvalue weighted by atomic mass is 10.2. The maximum atomic E-state index is 10.7. The summed E-state index contributed by atoms with van der Waals surface area (Å²) < 4.78 is 5.57. The minimum absolute atomic E-state index is 0.126. The topological polar surface area (TPSA) is 78.8 Å². The second kappa shape index (κ2) is 7.81. The molecule has 0 aromatic heterocycles. The number of carboxylic acid groups (broad SMARTS) is 1. The van der Waals surface area contributed by atoms with Crippen LogP contribution in [0.25, 0.3) is 0 Å². The number of hydrogen-bond donors (Lipinski definition) is 3. The summed E-state index contributed by atoms with van der Waals surface area (Å²) in [5.74, 6) is -1.06. The molecule has 0 radical (unpaired) electrons. The average molecular weight is 253 g/mol. The predicted octanol–water partition coefficient (Wildman–Crippen LogP) is 0.627. The van der Waals surface area contributed by atoms with Crippen LogP contribution >= 0.6 is 0 Å². The van der Waals surface area contributed by atoms with Gasteiger partial charge in [-0.05, 0) is 12.5 Å². The zero-order valence-electron chi connectivity index (χ0n) is 10.4. The highest BCUT2D eigenvalue weighted by Gasteiger charge is 2.16. The minimum atomic E-state index is -1.06. The predicted molar refractivity (Wildman–Crippen MR) is 67.2 cm³/mol. The first-order chi connectivity index (χ1) is 8.63. The molecule has 5 heteroatoms. The first kappa shape index (κ1) is 14.6. The number of aliphatic hydroxyl groups excluding tert-OH is 1. The Labute approximate surface area is 106 Å². The van der Waals surface area contributed by atoms with Crippen molar-refractivity contribution in [2.75, 3.05) is 13.2 Å².